The number of hydrogen-bond donors (Lipinski definition) is 1. The number of amides is 1. The Hall–Kier alpha value is -3.43. The minimum absolute atomic E-state index is 0.0994. The highest BCUT2D eigenvalue weighted by molar-refractivity contribution is 7.91. The summed E-state index contributed by atoms with van der Waals surface area (Å²) in [4.78, 5) is 29.6. The first kappa shape index (κ1) is 26.8. The van der Waals surface area contributed by atoms with E-state index in [9.17, 15) is 22.9 Å². The van der Waals surface area contributed by atoms with E-state index in [-0.39, 0.29) is 29.2 Å². The first-order valence-electron chi connectivity index (χ1n) is 13.5. The monoisotopic (exact) mass is 580 g/mol. The number of carbonyl (C=O) groups is 1. The Morgan fingerprint density at radius 2 is 1.77 bits per heavy atom. The fourth-order valence-corrected chi connectivity index (χ4v) is 7.88. The number of anilines is 1. The van der Waals surface area contributed by atoms with Gasteiger partial charge in [0.15, 0.2) is 26.5 Å². The Kier molecular flexibility index (Phi) is 7.04. The summed E-state index contributed by atoms with van der Waals surface area (Å²) in [5.74, 6) is -0.467. The van der Waals surface area contributed by atoms with Crippen molar-refractivity contribution in [1.29, 1.82) is 5.26 Å². The molecule has 0 radical (unpaired) electrons. The Labute approximate surface area is 236 Å². The molecule has 3 heterocycles. The van der Waals surface area contributed by atoms with Crippen LogP contribution in [0, 0.1) is 23.1 Å². The number of thiazole rings is 1. The number of nitrogens with one attached hydrogen (secondary N) is 1. The SMILES string of the molecule is N#CC1(NC(=O)[C@@H]2CCCC[C@H]2c2nc(-c3ncc(F)cn3)sc2-c2ccc(N3CCS(=O)(=O)CC3)cc2)CC1. The number of sulfone groups is 1. The lowest BCUT2D eigenvalue weighted by atomic mass is 9.76. The van der Waals surface area contributed by atoms with Gasteiger partial charge in [-0.15, -0.1) is 11.3 Å². The first-order chi connectivity index (χ1) is 19.3. The van der Waals surface area contributed by atoms with Crippen LogP contribution in [0.25, 0.3) is 21.3 Å². The molecule has 1 saturated heterocycles. The van der Waals surface area contributed by atoms with Crippen molar-refractivity contribution >= 4 is 32.8 Å². The van der Waals surface area contributed by atoms with Crippen LogP contribution < -0.4 is 10.2 Å². The Morgan fingerprint density at radius 3 is 2.42 bits per heavy atom. The molecule has 1 aliphatic heterocycles. The highest BCUT2D eigenvalue weighted by Crippen LogP contribution is 2.46. The standard InChI is InChI=1S/C28H29FN6O3S2/c29-19-15-31-25(32-16-19)27-33-23(21-3-1-2-4-22(21)26(36)34-28(17-30)9-10-28)24(39-27)18-5-7-20(8-6-18)35-11-13-40(37,38)14-12-35/h5-8,15-16,21-22H,1-4,9-14H2,(H,34,36)/t21-,22-/m1/s1. The minimum Gasteiger partial charge on any atom is -0.369 e. The molecular formula is C28H29FN6O3S2. The zero-order valence-electron chi connectivity index (χ0n) is 21.8. The fraction of sp³-hybridized carbons (Fsp3) is 0.464. The second kappa shape index (κ2) is 10.5. The molecule has 6 rings (SSSR count). The second-order valence-corrected chi connectivity index (χ2v) is 14.1. The van der Waals surface area contributed by atoms with E-state index in [0.717, 1.165) is 53.5 Å². The maximum atomic E-state index is 13.5. The molecule has 2 aromatic heterocycles. The van der Waals surface area contributed by atoms with E-state index >= 15 is 0 Å². The van der Waals surface area contributed by atoms with Gasteiger partial charge in [-0.3, -0.25) is 4.79 Å². The van der Waals surface area contributed by atoms with E-state index in [2.05, 4.69) is 26.3 Å². The summed E-state index contributed by atoms with van der Waals surface area (Å²) < 4.78 is 37.3. The third kappa shape index (κ3) is 5.45. The highest BCUT2D eigenvalue weighted by Gasteiger charge is 2.47. The maximum Gasteiger partial charge on any atom is 0.225 e. The highest BCUT2D eigenvalue weighted by atomic mass is 32.2. The maximum absolute atomic E-state index is 13.5. The number of aromatic nitrogens is 3. The third-order valence-electron chi connectivity index (χ3n) is 8.08. The van der Waals surface area contributed by atoms with Gasteiger partial charge >= 0.3 is 0 Å². The van der Waals surface area contributed by atoms with Gasteiger partial charge in [0, 0.05) is 30.6 Å². The van der Waals surface area contributed by atoms with Crippen LogP contribution in [-0.2, 0) is 14.6 Å². The van der Waals surface area contributed by atoms with Crippen LogP contribution in [0.5, 0.6) is 0 Å². The molecular weight excluding hydrogens is 551 g/mol. The number of nitriles is 1. The number of nitrogens with zero attached hydrogens (tertiary/aromatic N) is 5. The Morgan fingerprint density at radius 1 is 1.10 bits per heavy atom. The molecule has 3 fully saturated rings. The van der Waals surface area contributed by atoms with Crippen molar-refractivity contribution in [3.8, 4) is 27.3 Å². The van der Waals surface area contributed by atoms with E-state index in [1.807, 2.05) is 24.3 Å². The van der Waals surface area contributed by atoms with E-state index in [1.54, 1.807) is 0 Å². The summed E-state index contributed by atoms with van der Waals surface area (Å²) in [6.07, 6.45) is 6.99. The third-order valence-corrected chi connectivity index (χ3v) is 10.8. The summed E-state index contributed by atoms with van der Waals surface area (Å²) in [7, 11) is -2.98. The van der Waals surface area contributed by atoms with Crippen molar-refractivity contribution in [2.75, 3.05) is 29.5 Å². The summed E-state index contributed by atoms with van der Waals surface area (Å²) >= 11 is 1.41. The molecule has 3 aliphatic rings. The molecule has 0 unspecified atom stereocenters. The molecule has 1 N–H and O–H groups in total. The first-order valence-corrected chi connectivity index (χ1v) is 16.2. The number of benzene rings is 1. The molecule has 1 amide bonds. The van der Waals surface area contributed by atoms with Crippen LogP contribution in [0.15, 0.2) is 36.7 Å². The molecule has 2 saturated carbocycles. The molecule has 0 spiro atoms. The molecule has 0 bridgehead atoms. The van der Waals surface area contributed by atoms with Gasteiger partial charge in [-0.2, -0.15) is 5.26 Å². The van der Waals surface area contributed by atoms with Crippen LogP contribution in [0.2, 0.25) is 0 Å². The Bertz CT molecular complexity index is 1550. The molecule has 1 aromatic carbocycles. The lowest BCUT2D eigenvalue weighted by molar-refractivity contribution is -0.127. The smallest absolute Gasteiger partial charge is 0.225 e. The molecule has 40 heavy (non-hydrogen) atoms. The van der Waals surface area contributed by atoms with Crippen LogP contribution in [0.4, 0.5) is 10.1 Å². The van der Waals surface area contributed by atoms with Gasteiger partial charge in [0.1, 0.15) is 5.54 Å². The van der Waals surface area contributed by atoms with Gasteiger partial charge in [-0.05, 0) is 43.4 Å². The number of rotatable bonds is 6. The van der Waals surface area contributed by atoms with Crippen molar-refractivity contribution in [3.63, 3.8) is 0 Å². The average molecular weight is 581 g/mol. The average Bonchev–Trinajstić information content (AvgIpc) is 3.60. The van der Waals surface area contributed by atoms with Crippen LogP contribution in [-0.4, -0.2) is 59.4 Å². The lowest BCUT2D eigenvalue weighted by Gasteiger charge is -2.31. The zero-order valence-corrected chi connectivity index (χ0v) is 23.5. The number of hydrogen-bond acceptors (Lipinski definition) is 9. The van der Waals surface area contributed by atoms with Crippen molar-refractivity contribution < 1.29 is 17.6 Å². The van der Waals surface area contributed by atoms with Crippen LogP contribution in [0.3, 0.4) is 0 Å². The van der Waals surface area contributed by atoms with E-state index in [1.165, 1.54) is 11.3 Å². The number of halogens is 1. The molecule has 9 nitrogen and oxygen atoms in total. The fourth-order valence-electron chi connectivity index (χ4n) is 5.59. The van der Waals surface area contributed by atoms with Crippen LogP contribution >= 0.6 is 11.3 Å². The summed E-state index contributed by atoms with van der Waals surface area (Å²) in [6, 6.07) is 10.2. The molecule has 2 aliphatic carbocycles. The van der Waals surface area contributed by atoms with Gasteiger partial charge < -0.3 is 10.2 Å². The number of carbonyl (C=O) groups excluding carboxylic acids is 1. The summed E-state index contributed by atoms with van der Waals surface area (Å²) in [6.45, 7) is 0.922. The topological polar surface area (TPSA) is 129 Å². The summed E-state index contributed by atoms with van der Waals surface area (Å²) in [5.41, 5.74) is 1.94. The van der Waals surface area contributed by atoms with Crippen molar-refractivity contribution in [1.82, 2.24) is 20.3 Å². The lowest BCUT2D eigenvalue weighted by Crippen LogP contribution is -2.42. The quantitative estimate of drug-likeness (QED) is 0.462. The van der Waals surface area contributed by atoms with Crippen molar-refractivity contribution in [3.05, 3.63) is 48.2 Å². The summed E-state index contributed by atoms with van der Waals surface area (Å²) in [5, 5.41) is 13.1. The van der Waals surface area contributed by atoms with E-state index in [4.69, 9.17) is 4.98 Å². The van der Waals surface area contributed by atoms with Gasteiger partial charge in [-0.25, -0.2) is 27.8 Å². The molecule has 208 valence electrons. The van der Waals surface area contributed by atoms with E-state index < -0.39 is 21.2 Å². The van der Waals surface area contributed by atoms with Gasteiger partial charge in [0.2, 0.25) is 5.91 Å². The van der Waals surface area contributed by atoms with Crippen molar-refractivity contribution in [2.24, 2.45) is 5.92 Å². The Balaban J connectivity index is 1.35. The minimum atomic E-state index is -2.98. The van der Waals surface area contributed by atoms with Crippen LogP contribution in [0.1, 0.15) is 50.1 Å². The molecule has 3 aromatic rings. The zero-order chi connectivity index (χ0) is 27.9. The van der Waals surface area contributed by atoms with Gasteiger partial charge in [0.25, 0.3) is 0 Å². The predicted molar refractivity (Wildman–Crippen MR) is 150 cm³/mol. The molecule has 12 heteroatoms. The second-order valence-electron chi connectivity index (χ2n) is 10.8. The predicted octanol–water partition coefficient (Wildman–Crippen LogP) is 4.09. The van der Waals surface area contributed by atoms with E-state index in [0.29, 0.717) is 43.2 Å². The van der Waals surface area contributed by atoms with Gasteiger partial charge in [0.05, 0.1) is 40.5 Å². The van der Waals surface area contributed by atoms with Gasteiger partial charge in [-0.1, -0.05) is 25.0 Å². The molecule has 2 atom stereocenters. The van der Waals surface area contributed by atoms with Crippen molar-refractivity contribution in [2.45, 2.75) is 50.0 Å². The largest absolute Gasteiger partial charge is 0.369 e. The normalized spacial score (nSPS) is 23.2.